The maximum Gasteiger partial charge on any atom is 0.328 e. The average molecular weight is 419 g/mol. The lowest BCUT2D eigenvalue weighted by Gasteiger charge is -2.13. The zero-order valence-electron chi connectivity index (χ0n) is 16.2. The number of fused-ring (bicyclic) bond motifs is 1. The molecule has 0 N–H and O–H groups in total. The number of non-ortho nitro benzene ring substituents is 1. The van der Waals surface area contributed by atoms with E-state index in [1.807, 2.05) is 6.92 Å². The Morgan fingerprint density at radius 3 is 2.41 bits per heavy atom. The van der Waals surface area contributed by atoms with Gasteiger partial charge in [-0.2, -0.15) is 8.42 Å². The second-order valence-electron chi connectivity index (χ2n) is 6.89. The first-order valence-electron chi connectivity index (χ1n) is 8.94. The Bertz CT molecular complexity index is 1230. The number of hydrogen-bond donors (Lipinski definition) is 0. The number of aromatic nitrogens is 2. The molecule has 0 saturated heterocycles. The van der Waals surface area contributed by atoms with Gasteiger partial charge in [-0.1, -0.05) is 17.7 Å². The SMILES string of the molecule is Cc1ccc(S(=O)(=O)O[C@H](C)CCn2c(=O)n(C)c3ccc([N+](=O)[O-])cc32)cc1. The van der Waals surface area contributed by atoms with Crippen LogP contribution in [0.2, 0.25) is 0 Å². The first-order chi connectivity index (χ1) is 13.6. The van der Waals surface area contributed by atoms with Crippen molar-refractivity contribution < 1.29 is 17.5 Å². The van der Waals surface area contributed by atoms with Crippen LogP contribution < -0.4 is 5.69 Å². The third kappa shape index (κ3) is 4.22. The number of hydrogen-bond acceptors (Lipinski definition) is 6. The van der Waals surface area contributed by atoms with Gasteiger partial charge >= 0.3 is 5.69 Å². The highest BCUT2D eigenvalue weighted by atomic mass is 32.2. The fraction of sp³-hybridized carbons (Fsp3) is 0.316. The van der Waals surface area contributed by atoms with Gasteiger partial charge in [-0.25, -0.2) is 4.79 Å². The molecule has 29 heavy (non-hydrogen) atoms. The lowest BCUT2D eigenvalue weighted by molar-refractivity contribution is -0.384. The molecular weight excluding hydrogens is 398 g/mol. The number of benzene rings is 2. The number of nitro benzene ring substituents is 1. The molecule has 3 rings (SSSR count). The fourth-order valence-electron chi connectivity index (χ4n) is 3.06. The minimum Gasteiger partial charge on any atom is -0.295 e. The van der Waals surface area contributed by atoms with E-state index in [2.05, 4.69) is 0 Å². The van der Waals surface area contributed by atoms with Gasteiger partial charge in [0.05, 0.1) is 27.0 Å². The highest BCUT2D eigenvalue weighted by Crippen LogP contribution is 2.21. The van der Waals surface area contributed by atoms with E-state index in [1.165, 1.54) is 39.5 Å². The molecule has 0 aliphatic heterocycles. The molecule has 0 unspecified atom stereocenters. The third-order valence-electron chi connectivity index (χ3n) is 4.70. The molecule has 1 atom stereocenters. The standard InChI is InChI=1S/C19H21N3O6S/c1-13-4-7-16(8-5-13)29(26,27)28-14(2)10-11-21-18-12-15(22(24)25)6-9-17(18)20(3)19(21)23/h4-9,12,14H,10-11H2,1-3H3/t14-/m1/s1. The molecule has 0 aliphatic rings. The van der Waals surface area contributed by atoms with E-state index in [-0.39, 0.29) is 29.2 Å². The second-order valence-corrected chi connectivity index (χ2v) is 8.46. The van der Waals surface area contributed by atoms with Crippen LogP contribution in [0.4, 0.5) is 5.69 Å². The molecule has 3 aromatic rings. The van der Waals surface area contributed by atoms with E-state index in [4.69, 9.17) is 4.18 Å². The fourth-order valence-corrected chi connectivity index (χ4v) is 4.17. The Balaban J connectivity index is 1.80. The molecule has 0 fully saturated rings. The van der Waals surface area contributed by atoms with Crippen molar-refractivity contribution in [2.45, 2.75) is 37.8 Å². The number of nitro groups is 1. The van der Waals surface area contributed by atoms with Gasteiger partial charge in [0.2, 0.25) is 0 Å². The maximum absolute atomic E-state index is 12.5. The molecule has 0 spiro atoms. The summed E-state index contributed by atoms with van der Waals surface area (Å²) in [5, 5.41) is 11.1. The second kappa shape index (κ2) is 7.80. The van der Waals surface area contributed by atoms with Crippen LogP contribution in [0.5, 0.6) is 0 Å². The first-order valence-corrected chi connectivity index (χ1v) is 10.3. The molecule has 2 aromatic carbocycles. The van der Waals surface area contributed by atoms with E-state index in [9.17, 15) is 23.3 Å². The van der Waals surface area contributed by atoms with Crippen LogP contribution >= 0.6 is 0 Å². The molecule has 0 amide bonds. The molecule has 154 valence electrons. The molecule has 0 aliphatic carbocycles. The summed E-state index contributed by atoms with van der Waals surface area (Å²) in [5.74, 6) is 0. The van der Waals surface area contributed by atoms with Gasteiger partial charge in [0.25, 0.3) is 15.8 Å². The van der Waals surface area contributed by atoms with Crippen molar-refractivity contribution in [3.63, 3.8) is 0 Å². The van der Waals surface area contributed by atoms with Crippen molar-refractivity contribution in [1.82, 2.24) is 9.13 Å². The van der Waals surface area contributed by atoms with Gasteiger partial charge in [-0.15, -0.1) is 0 Å². The van der Waals surface area contributed by atoms with Crippen LogP contribution in [0, 0.1) is 17.0 Å². The number of rotatable bonds is 7. The van der Waals surface area contributed by atoms with Crippen LogP contribution in [0.15, 0.2) is 52.2 Å². The Labute approximate surface area is 167 Å². The van der Waals surface area contributed by atoms with Gasteiger partial charge in [-0.3, -0.25) is 23.4 Å². The smallest absolute Gasteiger partial charge is 0.295 e. The highest BCUT2D eigenvalue weighted by Gasteiger charge is 2.20. The average Bonchev–Trinajstić information content (AvgIpc) is 2.90. The highest BCUT2D eigenvalue weighted by molar-refractivity contribution is 7.86. The Hall–Kier alpha value is -2.98. The van der Waals surface area contributed by atoms with Crippen LogP contribution in [0.1, 0.15) is 18.9 Å². The van der Waals surface area contributed by atoms with Crippen molar-refractivity contribution in [2.24, 2.45) is 7.05 Å². The molecule has 1 aromatic heterocycles. The van der Waals surface area contributed by atoms with Crippen LogP contribution in [0.3, 0.4) is 0 Å². The predicted molar refractivity (Wildman–Crippen MR) is 107 cm³/mol. The van der Waals surface area contributed by atoms with Gasteiger partial charge in [0, 0.05) is 25.7 Å². The molecular formula is C19H21N3O6S. The van der Waals surface area contributed by atoms with E-state index >= 15 is 0 Å². The van der Waals surface area contributed by atoms with Gasteiger partial charge in [-0.05, 0) is 38.5 Å². The summed E-state index contributed by atoms with van der Waals surface area (Å²) in [6, 6.07) is 10.5. The van der Waals surface area contributed by atoms with E-state index in [1.54, 1.807) is 26.1 Å². The number of aryl methyl sites for hydroxylation is 3. The minimum absolute atomic E-state index is 0.0629. The molecule has 1 heterocycles. The summed E-state index contributed by atoms with van der Waals surface area (Å²) in [6.07, 6.45) is -0.463. The lowest BCUT2D eigenvalue weighted by Crippen LogP contribution is -2.25. The van der Waals surface area contributed by atoms with E-state index in [0.29, 0.717) is 11.0 Å². The molecule has 9 nitrogen and oxygen atoms in total. The predicted octanol–water partition coefficient (Wildman–Crippen LogP) is 2.74. The minimum atomic E-state index is -3.93. The van der Waals surface area contributed by atoms with Crippen molar-refractivity contribution in [3.05, 3.63) is 68.6 Å². The van der Waals surface area contributed by atoms with E-state index in [0.717, 1.165) is 5.56 Å². The molecule has 0 radical (unpaired) electrons. The van der Waals surface area contributed by atoms with Crippen molar-refractivity contribution in [1.29, 1.82) is 0 Å². The molecule has 10 heteroatoms. The Kier molecular flexibility index (Phi) is 5.58. The summed E-state index contributed by atoms with van der Waals surface area (Å²) in [6.45, 7) is 3.61. The number of nitrogens with zero attached hydrogens (tertiary/aromatic N) is 3. The van der Waals surface area contributed by atoms with Crippen LogP contribution in [0.25, 0.3) is 11.0 Å². The lowest BCUT2D eigenvalue weighted by atomic mass is 10.2. The monoisotopic (exact) mass is 419 g/mol. The third-order valence-corrected chi connectivity index (χ3v) is 6.13. The summed E-state index contributed by atoms with van der Waals surface area (Å²) >= 11 is 0. The summed E-state index contributed by atoms with van der Waals surface area (Å²) in [4.78, 5) is 23.1. The van der Waals surface area contributed by atoms with Gasteiger partial charge in [0.1, 0.15) is 0 Å². The topological polar surface area (TPSA) is 113 Å². The van der Waals surface area contributed by atoms with Crippen LogP contribution in [-0.2, 0) is 27.9 Å². The molecule has 0 saturated carbocycles. The van der Waals surface area contributed by atoms with Gasteiger partial charge in [0.15, 0.2) is 0 Å². The number of imidazole rings is 1. The normalized spacial score (nSPS) is 12.9. The van der Waals surface area contributed by atoms with E-state index < -0.39 is 21.1 Å². The van der Waals surface area contributed by atoms with Crippen molar-refractivity contribution in [2.75, 3.05) is 0 Å². The Morgan fingerprint density at radius 2 is 1.79 bits per heavy atom. The van der Waals surface area contributed by atoms with Crippen molar-refractivity contribution >= 4 is 26.8 Å². The van der Waals surface area contributed by atoms with Crippen LogP contribution in [-0.4, -0.2) is 28.6 Å². The largest absolute Gasteiger partial charge is 0.328 e. The first kappa shape index (κ1) is 20.7. The zero-order valence-corrected chi connectivity index (χ0v) is 17.0. The van der Waals surface area contributed by atoms with Gasteiger partial charge < -0.3 is 0 Å². The van der Waals surface area contributed by atoms with Crippen molar-refractivity contribution in [3.8, 4) is 0 Å². The summed E-state index contributed by atoms with van der Waals surface area (Å²) in [5.41, 5.74) is 1.44. The summed E-state index contributed by atoms with van der Waals surface area (Å²) < 4.78 is 32.8. The maximum atomic E-state index is 12.5. The Morgan fingerprint density at radius 1 is 1.14 bits per heavy atom. The molecule has 0 bridgehead atoms. The summed E-state index contributed by atoms with van der Waals surface area (Å²) in [7, 11) is -2.35. The zero-order chi connectivity index (χ0) is 21.3. The quantitative estimate of drug-likeness (QED) is 0.330.